The minimum Gasteiger partial charge on any atom is -0.481 e. The first kappa shape index (κ1) is 27.2. The van der Waals surface area contributed by atoms with Gasteiger partial charge in [-0.1, -0.05) is 12.8 Å². The molecule has 0 spiro atoms. The summed E-state index contributed by atoms with van der Waals surface area (Å²) in [5, 5.41) is 17.0. The normalized spacial score (nSPS) is 10.3. The molecule has 30 heavy (non-hydrogen) atoms. The summed E-state index contributed by atoms with van der Waals surface area (Å²) in [6.07, 6.45) is 3.56. The van der Waals surface area contributed by atoms with E-state index >= 15 is 0 Å². The summed E-state index contributed by atoms with van der Waals surface area (Å²) in [7, 11) is 0. The second kappa shape index (κ2) is 17.1. The standard InChI is InChI=1S/C20H30O10/c21-15(22)9-3-1-5-11-17(25)29-19(27)13-7-8-14-20(28)30-18(26)12-6-2-4-10-16(23)24/h1-14H2,(H,21,22)(H,23,24). The van der Waals surface area contributed by atoms with Gasteiger partial charge in [-0.3, -0.25) is 28.8 Å². The van der Waals surface area contributed by atoms with Crippen LogP contribution in [0.3, 0.4) is 0 Å². The topological polar surface area (TPSA) is 161 Å². The van der Waals surface area contributed by atoms with Crippen molar-refractivity contribution < 1.29 is 48.5 Å². The molecule has 0 bridgehead atoms. The van der Waals surface area contributed by atoms with E-state index in [2.05, 4.69) is 9.47 Å². The van der Waals surface area contributed by atoms with E-state index in [9.17, 15) is 28.8 Å². The average Bonchev–Trinajstić information content (AvgIpc) is 2.64. The number of esters is 4. The highest BCUT2D eigenvalue weighted by atomic mass is 16.6. The van der Waals surface area contributed by atoms with Crippen molar-refractivity contribution in [3.8, 4) is 0 Å². The van der Waals surface area contributed by atoms with Crippen LogP contribution in [0.4, 0.5) is 0 Å². The van der Waals surface area contributed by atoms with Gasteiger partial charge in [-0.25, -0.2) is 0 Å². The number of carboxylic acid groups (broad SMARTS) is 2. The van der Waals surface area contributed by atoms with Crippen molar-refractivity contribution in [2.24, 2.45) is 0 Å². The van der Waals surface area contributed by atoms with E-state index in [1.165, 1.54) is 0 Å². The van der Waals surface area contributed by atoms with Crippen LogP contribution in [0.5, 0.6) is 0 Å². The Morgan fingerprint density at radius 3 is 0.900 bits per heavy atom. The van der Waals surface area contributed by atoms with Gasteiger partial charge in [0.2, 0.25) is 0 Å². The van der Waals surface area contributed by atoms with Gasteiger partial charge < -0.3 is 19.7 Å². The Morgan fingerprint density at radius 1 is 0.400 bits per heavy atom. The smallest absolute Gasteiger partial charge is 0.313 e. The summed E-state index contributed by atoms with van der Waals surface area (Å²) in [6.45, 7) is 0. The van der Waals surface area contributed by atoms with Gasteiger partial charge in [0.25, 0.3) is 0 Å². The highest BCUT2D eigenvalue weighted by molar-refractivity contribution is 5.86. The number of aliphatic carboxylic acids is 2. The number of hydrogen-bond acceptors (Lipinski definition) is 8. The van der Waals surface area contributed by atoms with E-state index in [0.29, 0.717) is 51.4 Å². The van der Waals surface area contributed by atoms with Crippen LogP contribution in [0, 0.1) is 0 Å². The molecule has 0 fully saturated rings. The van der Waals surface area contributed by atoms with Gasteiger partial charge in [0, 0.05) is 38.5 Å². The number of ether oxygens (including phenoxy) is 2. The zero-order chi connectivity index (χ0) is 22.8. The maximum absolute atomic E-state index is 11.5. The highest BCUT2D eigenvalue weighted by Gasteiger charge is 2.13. The molecule has 0 aliphatic rings. The van der Waals surface area contributed by atoms with Crippen LogP contribution < -0.4 is 0 Å². The lowest BCUT2D eigenvalue weighted by Crippen LogP contribution is -2.13. The van der Waals surface area contributed by atoms with Gasteiger partial charge in [-0.05, 0) is 38.5 Å². The van der Waals surface area contributed by atoms with Gasteiger partial charge in [0.05, 0.1) is 0 Å². The lowest BCUT2D eigenvalue weighted by molar-refractivity contribution is -0.162. The molecule has 2 N–H and O–H groups in total. The molecule has 0 amide bonds. The first-order valence-electron chi connectivity index (χ1n) is 10.1. The van der Waals surface area contributed by atoms with Gasteiger partial charge in [0.15, 0.2) is 0 Å². The largest absolute Gasteiger partial charge is 0.481 e. The first-order chi connectivity index (χ1) is 14.2. The SMILES string of the molecule is O=C(O)CCCCCC(=O)OC(=O)CCCCC(=O)OC(=O)CCCCCC(=O)O. The number of unbranched alkanes of at least 4 members (excludes halogenated alkanes) is 5. The van der Waals surface area contributed by atoms with Crippen molar-refractivity contribution >= 4 is 35.8 Å². The molecule has 0 aromatic rings. The van der Waals surface area contributed by atoms with Crippen molar-refractivity contribution in [2.75, 3.05) is 0 Å². The van der Waals surface area contributed by atoms with Crippen molar-refractivity contribution in [2.45, 2.75) is 89.9 Å². The van der Waals surface area contributed by atoms with E-state index < -0.39 is 35.8 Å². The summed E-state index contributed by atoms with van der Waals surface area (Å²) in [6, 6.07) is 0. The number of carboxylic acids is 2. The fourth-order valence-corrected chi connectivity index (χ4v) is 2.44. The van der Waals surface area contributed by atoms with Crippen LogP contribution in [0.15, 0.2) is 0 Å². The lowest BCUT2D eigenvalue weighted by atomic mass is 10.1. The Labute approximate surface area is 174 Å². The first-order valence-corrected chi connectivity index (χ1v) is 10.1. The maximum Gasteiger partial charge on any atom is 0.313 e. The minimum absolute atomic E-state index is 0.0365. The molecule has 0 rings (SSSR count). The lowest BCUT2D eigenvalue weighted by Gasteiger charge is -2.04. The molecule has 0 aromatic heterocycles. The summed E-state index contributed by atoms with van der Waals surface area (Å²) < 4.78 is 9.25. The van der Waals surface area contributed by atoms with Gasteiger partial charge >= 0.3 is 35.8 Å². The zero-order valence-electron chi connectivity index (χ0n) is 17.1. The molecular formula is C20H30O10. The Balaban J connectivity index is 3.68. The van der Waals surface area contributed by atoms with Crippen molar-refractivity contribution in [3.63, 3.8) is 0 Å². The Hall–Kier alpha value is -2.78. The molecule has 10 nitrogen and oxygen atoms in total. The third-order valence-corrected chi connectivity index (χ3v) is 4.01. The van der Waals surface area contributed by atoms with Crippen LogP contribution in [0.1, 0.15) is 89.9 Å². The fourth-order valence-electron chi connectivity index (χ4n) is 2.44. The van der Waals surface area contributed by atoms with Crippen LogP contribution >= 0.6 is 0 Å². The van der Waals surface area contributed by atoms with Crippen LogP contribution in [-0.4, -0.2) is 46.0 Å². The van der Waals surface area contributed by atoms with Crippen LogP contribution in [0.25, 0.3) is 0 Å². The number of carbonyl (C=O) groups is 6. The molecule has 0 unspecified atom stereocenters. The summed E-state index contributed by atoms with van der Waals surface area (Å²) >= 11 is 0. The quantitative estimate of drug-likeness (QED) is 0.199. The molecule has 0 saturated carbocycles. The van der Waals surface area contributed by atoms with E-state index in [1.807, 2.05) is 0 Å². The molecular weight excluding hydrogens is 400 g/mol. The van der Waals surface area contributed by atoms with E-state index in [-0.39, 0.29) is 38.5 Å². The molecule has 0 saturated heterocycles. The number of carbonyl (C=O) groups excluding carboxylic acids is 4. The molecule has 10 heteroatoms. The van der Waals surface area contributed by atoms with E-state index in [4.69, 9.17) is 10.2 Å². The van der Waals surface area contributed by atoms with Gasteiger partial charge in [-0.15, -0.1) is 0 Å². The van der Waals surface area contributed by atoms with E-state index in [1.54, 1.807) is 0 Å². The van der Waals surface area contributed by atoms with Crippen LogP contribution in [-0.2, 0) is 38.2 Å². The Kier molecular flexibility index (Phi) is 15.5. The van der Waals surface area contributed by atoms with Crippen molar-refractivity contribution in [1.29, 1.82) is 0 Å². The second-order valence-corrected chi connectivity index (χ2v) is 6.81. The van der Waals surface area contributed by atoms with E-state index in [0.717, 1.165) is 0 Å². The predicted molar refractivity (Wildman–Crippen MR) is 102 cm³/mol. The summed E-state index contributed by atoms with van der Waals surface area (Å²) in [5.41, 5.74) is 0. The molecule has 0 aliphatic carbocycles. The molecule has 0 radical (unpaired) electrons. The maximum atomic E-state index is 11.5. The molecule has 0 atom stereocenters. The monoisotopic (exact) mass is 430 g/mol. The summed E-state index contributed by atoms with van der Waals surface area (Å²) in [5.74, 6) is -4.51. The Morgan fingerprint density at radius 2 is 0.633 bits per heavy atom. The summed E-state index contributed by atoms with van der Waals surface area (Å²) in [4.78, 5) is 66.7. The van der Waals surface area contributed by atoms with Gasteiger partial charge in [-0.2, -0.15) is 0 Å². The number of hydrogen-bond donors (Lipinski definition) is 2. The third kappa shape index (κ3) is 18.6. The minimum atomic E-state index is -0.894. The fraction of sp³-hybridized carbons (Fsp3) is 0.700. The zero-order valence-corrected chi connectivity index (χ0v) is 17.1. The second-order valence-electron chi connectivity index (χ2n) is 6.81. The van der Waals surface area contributed by atoms with Crippen LogP contribution in [0.2, 0.25) is 0 Å². The third-order valence-electron chi connectivity index (χ3n) is 4.01. The predicted octanol–water partition coefficient (Wildman–Crippen LogP) is 2.76. The number of rotatable bonds is 17. The van der Waals surface area contributed by atoms with Crippen molar-refractivity contribution in [1.82, 2.24) is 0 Å². The molecule has 0 heterocycles. The van der Waals surface area contributed by atoms with Crippen molar-refractivity contribution in [3.05, 3.63) is 0 Å². The Bertz CT molecular complexity index is 544. The molecule has 0 aromatic carbocycles. The van der Waals surface area contributed by atoms with Gasteiger partial charge in [0.1, 0.15) is 0 Å². The highest BCUT2D eigenvalue weighted by Crippen LogP contribution is 2.08. The molecule has 0 aliphatic heterocycles. The molecule has 170 valence electrons. The average molecular weight is 430 g/mol.